The van der Waals surface area contributed by atoms with Crippen LogP contribution < -0.4 is 9.63 Å². The zero-order chi connectivity index (χ0) is 19.4. The smallest absolute Gasteiger partial charge is 0.405 e. The average Bonchev–Trinajstić information content (AvgIpc) is 3.08. The van der Waals surface area contributed by atoms with Crippen molar-refractivity contribution in [2.24, 2.45) is 0 Å². The summed E-state index contributed by atoms with van der Waals surface area (Å²) in [5.74, 6) is -0.981. The number of hydrogen-bond acceptors (Lipinski definition) is 6. The van der Waals surface area contributed by atoms with E-state index < -0.39 is 5.97 Å². The molecule has 27 heavy (non-hydrogen) atoms. The Morgan fingerprint density at radius 2 is 2.11 bits per heavy atom. The average molecular weight is 404 g/mol. The number of halogens is 1. The van der Waals surface area contributed by atoms with Gasteiger partial charge in [0, 0.05) is 29.5 Å². The number of thiazole rings is 1. The summed E-state index contributed by atoms with van der Waals surface area (Å²) < 4.78 is 5.57. The van der Waals surface area contributed by atoms with E-state index in [2.05, 4.69) is 4.98 Å². The summed E-state index contributed by atoms with van der Waals surface area (Å²) in [7, 11) is 0. The molecule has 9 heteroatoms. The van der Waals surface area contributed by atoms with Crippen LogP contribution in [-0.2, 0) is 16.1 Å². The van der Waals surface area contributed by atoms with Crippen molar-refractivity contribution in [1.29, 1.82) is 0 Å². The second kappa shape index (κ2) is 8.15. The van der Waals surface area contributed by atoms with Crippen LogP contribution in [0.4, 0.5) is 10.8 Å². The van der Waals surface area contributed by atoms with Crippen molar-refractivity contribution >= 4 is 45.6 Å². The Kier molecular flexibility index (Phi) is 5.68. The highest BCUT2D eigenvalue weighted by Gasteiger charge is 2.20. The van der Waals surface area contributed by atoms with Gasteiger partial charge in [-0.25, -0.2) is 9.78 Å². The molecule has 0 bridgehead atoms. The lowest BCUT2D eigenvalue weighted by molar-refractivity contribution is -0.608. The Hall–Kier alpha value is -2.97. The summed E-state index contributed by atoms with van der Waals surface area (Å²) in [5, 5.41) is 14.2. The monoisotopic (exact) mass is 403 g/mol. The van der Waals surface area contributed by atoms with Gasteiger partial charge in [0.25, 0.3) is 0 Å². The van der Waals surface area contributed by atoms with Crippen molar-refractivity contribution in [1.82, 2.24) is 4.98 Å². The minimum Gasteiger partial charge on any atom is -0.618 e. The number of ether oxygens (including phenoxy) is 1. The molecule has 0 aliphatic heterocycles. The molecule has 3 aromatic rings. The van der Waals surface area contributed by atoms with Gasteiger partial charge in [0.15, 0.2) is 11.3 Å². The lowest BCUT2D eigenvalue weighted by Gasteiger charge is -2.18. The first-order chi connectivity index (χ1) is 13.0. The van der Waals surface area contributed by atoms with Crippen LogP contribution >= 0.6 is 22.9 Å². The first kappa shape index (κ1) is 18.8. The summed E-state index contributed by atoms with van der Waals surface area (Å²) in [4.78, 5) is 29.8. The van der Waals surface area contributed by atoms with Crippen LogP contribution in [0.15, 0.2) is 54.0 Å². The minimum atomic E-state index is -0.751. The maximum Gasteiger partial charge on any atom is 0.405 e. The molecule has 0 saturated heterocycles. The van der Waals surface area contributed by atoms with Gasteiger partial charge in [0.1, 0.15) is 6.61 Å². The van der Waals surface area contributed by atoms with Crippen LogP contribution in [0, 0.1) is 5.21 Å². The second-order valence-corrected chi connectivity index (χ2v) is 6.72. The quantitative estimate of drug-likeness (QED) is 0.370. The van der Waals surface area contributed by atoms with Crippen molar-refractivity contribution in [2.75, 3.05) is 4.90 Å². The lowest BCUT2D eigenvalue weighted by Crippen LogP contribution is -2.34. The molecular weight excluding hydrogens is 390 g/mol. The molecule has 1 amide bonds. The molecular formula is C18H14ClN3O4S. The summed E-state index contributed by atoms with van der Waals surface area (Å²) in [5.41, 5.74) is 0.937. The number of carbonyl (C=O) groups is 2. The fraction of sp³-hybridized carbons (Fsp3) is 0.111. The molecule has 0 aliphatic rings. The number of nitrogens with zero attached hydrogens (tertiary/aromatic N) is 3. The number of anilines is 2. The molecule has 0 unspecified atom stereocenters. The van der Waals surface area contributed by atoms with Crippen LogP contribution in [0.25, 0.3) is 0 Å². The lowest BCUT2D eigenvalue weighted by atomic mass is 10.3. The van der Waals surface area contributed by atoms with Gasteiger partial charge in [0.2, 0.25) is 5.91 Å². The zero-order valence-electron chi connectivity index (χ0n) is 14.2. The fourth-order valence-corrected chi connectivity index (χ4v) is 3.36. The van der Waals surface area contributed by atoms with Crippen LogP contribution in [0.2, 0.25) is 5.02 Å². The second-order valence-electron chi connectivity index (χ2n) is 5.44. The summed E-state index contributed by atoms with van der Waals surface area (Å²) in [6.07, 6.45) is 1.22. The van der Waals surface area contributed by atoms with Gasteiger partial charge in [-0.2, -0.15) is 4.73 Å². The first-order valence-corrected chi connectivity index (χ1v) is 9.07. The molecule has 0 aliphatic carbocycles. The Labute approximate surface area is 164 Å². The van der Waals surface area contributed by atoms with Crippen molar-refractivity contribution in [3.8, 4) is 0 Å². The van der Waals surface area contributed by atoms with E-state index in [1.165, 1.54) is 41.5 Å². The molecule has 0 spiro atoms. The Morgan fingerprint density at radius 1 is 1.30 bits per heavy atom. The van der Waals surface area contributed by atoms with Gasteiger partial charge in [-0.15, -0.1) is 11.3 Å². The Balaban J connectivity index is 1.74. The number of amides is 1. The third kappa shape index (κ3) is 4.42. The Bertz CT molecular complexity index is 992. The van der Waals surface area contributed by atoms with Gasteiger partial charge >= 0.3 is 11.7 Å². The molecule has 138 valence electrons. The highest BCUT2D eigenvalue weighted by atomic mass is 35.5. The van der Waals surface area contributed by atoms with Crippen LogP contribution in [0.1, 0.15) is 23.1 Å². The summed E-state index contributed by atoms with van der Waals surface area (Å²) >= 11 is 7.23. The molecule has 7 nitrogen and oxygen atoms in total. The topological polar surface area (TPSA) is 86.4 Å². The number of rotatable bonds is 5. The van der Waals surface area contributed by atoms with E-state index in [0.29, 0.717) is 26.3 Å². The number of hydrogen-bond donors (Lipinski definition) is 0. The molecule has 2 heterocycles. The molecule has 0 radical (unpaired) electrons. The SMILES string of the molecule is CC(=O)N(c1cccc(Cl)c1)c1nc(COC(=O)c2cccc[n+]2[O-])cs1. The van der Waals surface area contributed by atoms with E-state index in [-0.39, 0.29) is 18.2 Å². The largest absolute Gasteiger partial charge is 0.618 e. The number of pyridine rings is 1. The van der Waals surface area contributed by atoms with E-state index in [1.54, 1.807) is 35.7 Å². The fourth-order valence-electron chi connectivity index (χ4n) is 2.31. The van der Waals surface area contributed by atoms with Crippen molar-refractivity contribution in [3.63, 3.8) is 0 Å². The number of esters is 1. The number of aromatic nitrogens is 2. The van der Waals surface area contributed by atoms with E-state index in [4.69, 9.17) is 16.3 Å². The van der Waals surface area contributed by atoms with Crippen molar-refractivity contribution < 1.29 is 19.1 Å². The molecule has 0 saturated carbocycles. The maximum absolute atomic E-state index is 12.1. The highest BCUT2D eigenvalue weighted by molar-refractivity contribution is 7.14. The standard InChI is InChI=1S/C18H14ClN3O4S/c1-12(23)22(15-6-4-5-13(19)9-15)18-20-14(11-27-18)10-26-17(24)16-7-2-3-8-21(16)25/h2-9,11H,10H2,1H3. The van der Waals surface area contributed by atoms with Gasteiger partial charge in [-0.05, 0) is 24.3 Å². The normalized spacial score (nSPS) is 10.4. The van der Waals surface area contributed by atoms with E-state index >= 15 is 0 Å². The van der Waals surface area contributed by atoms with E-state index in [1.807, 2.05) is 0 Å². The van der Waals surface area contributed by atoms with Crippen molar-refractivity contribution in [2.45, 2.75) is 13.5 Å². The third-order valence-electron chi connectivity index (χ3n) is 3.50. The maximum atomic E-state index is 12.1. The van der Waals surface area contributed by atoms with Gasteiger partial charge in [0.05, 0.1) is 11.4 Å². The third-order valence-corrected chi connectivity index (χ3v) is 4.61. The number of carbonyl (C=O) groups excluding carboxylic acids is 2. The van der Waals surface area contributed by atoms with Crippen LogP contribution in [0.3, 0.4) is 0 Å². The molecule has 2 aromatic heterocycles. The van der Waals surface area contributed by atoms with E-state index in [0.717, 1.165) is 0 Å². The van der Waals surface area contributed by atoms with E-state index in [9.17, 15) is 14.8 Å². The minimum absolute atomic E-state index is 0.114. The van der Waals surface area contributed by atoms with Gasteiger partial charge in [-0.3, -0.25) is 9.69 Å². The predicted molar refractivity (Wildman–Crippen MR) is 101 cm³/mol. The summed E-state index contributed by atoms with van der Waals surface area (Å²) in [6, 6.07) is 11.3. The molecule has 0 fully saturated rings. The number of benzene rings is 1. The molecule has 3 rings (SSSR count). The Morgan fingerprint density at radius 3 is 2.81 bits per heavy atom. The molecule has 0 atom stereocenters. The van der Waals surface area contributed by atoms with Crippen LogP contribution in [0.5, 0.6) is 0 Å². The molecule has 1 aromatic carbocycles. The van der Waals surface area contributed by atoms with Gasteiger partial charge < -0.3 is 9.94 Å². The van der Waals surface area contributed by atoms with Gasteiger partial charge in [-0.1, -0.05) is 17.7 Å². The predicted octanol–water partition coefficient (Wildman–Crippen LogP) is 3.47. The summed E-state index contributed by atoms with van der Waals surface area (Å²) in [6.45, 7) is 1.30. The van der Waals surface area contributed by atoms with Crippen molar-refractivity contribution in [3.05, 3.63) is 75.7 Å². The zero-order valence-corrected chi connectivity index (χ0v) is 15.7. The highest BCUT2D eigenvalue weighted by Crippen LogP contribution is 2.30. The molecule has 0 N–H and O–H groups in total. The first-order valence-electron chi connectivity index (χ1n) is 7.81. The van der Waals surface area contributed by atoms with Crippen LogP contribution in [-0.4, -0.2) is 16.9 Å².